The first-order valence-electron chi connectivity index (χ1n) is 8.15. The quantitative estimate of drug-likeness (QED) is 0.617. The van der Waals surface area contributed by atoms with E-state index in [2.05, 4.69) is 4.98 Å². The second kappa shape index (κ2) is 8.01. The molecule has 0 aliphatic heterocycles. The van der Waals surface area contributed by atoms with Gasteiger partial charge in [-0.15, -0.1) is 11.3 Å². The fraction of sp³-hybridized carbons (Fsp3) is 0.200. The second-order valence-electron chi connectivity index (χ2n) is 5.79. The predicted octanol–water partition coefficient (Wildman–Crippen LogP) is 4.58. The summed E-state index contributed by atoms with van der Waals surface area (Å²) in [6, 6.07) is 13.5. The van der Waals surface area contributed by atoms with Gasteiger partial charge in [0, 0.05) is 10.9 Å². The molecule has 1 N–H and O–H groups in total. The molecule has 2 aromatic carbocycles. The van der Waals surface area contributed by atoms with Gasteiger partial charge in [-0.2, -0.15) is 0 Å². The molecule has 0 amide bonds. The van der Waals surface area contributed by atoms with Gasteiger partial charge < -0.3 is 14.6 Å². The SMILES string of the molecule is Cc1cccc(C)c1OCCOc1ccc(-c2nc(C(=O)O)cs2)cc1. The van der Waals surface area contributed by atoms with Crippen molar-refractivity contribution in [2.45, 2.75) is 13.8 Å². The number of aryl methyl sites for hydroxylation is 2. The van der Waals surface area contributed by atoms with E-state index in [1.165, 1.54) is 16.7 Å². The molecule has 1 aromatic heterocycles. The highest BCUT2D eigenvalue weighted by atomic mass is 32.1. The summed E-state index contributed by atoms with van der Waals surface area (Å²) in [6.45, 7) is 4.95. The standard InChI is InChI=1S/C20H19NO4S/c1-13-4-3-5-14(2)18(13)25-11-10-24-16-8-6-15(7-9-16)19-21-17(12-26-19)20(22)23/h3-9,12H,10-11H2,1-2H3,(H,22,23). The number of nitrogens with zero attached hydrogens (tertiary/aromatic N) is 1. The number of thiazole rings is 1. The molecule has 0 unspecified atom stereocenters. The maximum absolute atomic E-state index is 10.9. The van der Waals surface area contributed by atoms with Crippen LogP contribution >= 0.6 is 11.3 Å². The van der Waals surface area contributed by atoms with Crippen LogP contribution in [0.5, 0.6) is 11.5 Å². The van der Waals surface area contributed by atoms with Crippen molar-refractivity contribution in [1.29, 1.82) is 0 Å². The van der Waals surface area contributed by atoms with Crippen LogP contribution in [0.25, 0.3) is 10.6 Å². The Morgan fingerprint density at radius 2 is 1.69 bits per heavy atom. The number of rotatable bonds is 7. The van der Waals surface area contributed by atoms with E-state index in [9.17, 15) is 4.79 Å². The summed E-state index contributed by atoms with van der Waals surface area (Å²) in [5.74, 6) is 0.620. The summed E-state index contributed by atoms with van der Waals surface area (Å²) >= 11 is 1.31. The molecule has 6 heteroatoms. The smallest absolute Gasteiger partial charge is 0.355 e. The normalized spacial score (nSPS) is 10.5. The van der Waals surface area contributed by atoms with E-state index >= 15 is 0 Å². The highest BCUT2D eigenvalue weighted by molar-refractivity contribution is 7.13. The fourth-order valence-electron chi connectivity index (χ4n) is 2.53. The van der Waals surface area contributed by atoms with E-state index in [1.54, 1.807) is 0 Å². The number of benzene rings is 2. The third-order valence-corrected chi connectivity index (χ3v) is 4.72. The summed E-state index contributed by atoms with van der Waals surface area (Å²) < 4.78 is 11.5. The highest BCUT2D eigenvalue weighted by Gasteiger charge is 2.10. The first-order valence-corrected chi connectivity index (χ1v) is 9.03. The van der Waals surface area contributed by atoms with Gasteiger partial charge in [-0.05, 0) is 49.2 Å². The van der Waals surface area contributed by atoms with Crippen molar-refractivity contribution in [3.63, 3.8) is 0 Å². The zero-order valence-corrected chi connectivity index (χ0v) is 15.4. The van der Waals surface area contributed by atoms with Crippen LogP contribution in [0.1, 0.15) is 21.6 Å². The molecule has 0 fully saturated rings. The molecular weight excluding hydrogens is 350 g/mol. The van der Waals surface area contributed by atoms with Crippen molar-refractivity contribution in [1.82, 2.24) is 4.98 Å². The number of hydrogen-bond donors (Lipinski definition) is 1. The van der Waals surface area contributed by atoms with E-state index in [-0.39, 0.29) is 5.69 Å². The van der Waals surface area contributed by atoms with Crippen LogP contribution in [0.2, 0.25) is 0 Å². The Labute approximate surface area is 155 Å². The molecule has 0 aliphatic rings. The van der Waals surface area contributed by atoms with Crippen molar-refractivity contribution in [3.05, 3.63) is 64.7 Å². The van der Waals surface area contributed by atoms with Crippen LogP contribution in [-0.4, -0.2) is 29.3 Å². The van der Waals surface area contributed by atoms with Gasteiger partial charge in [-0.1, -0.05) is 18.2 Å². The van der Waals surface area contributed by atoms with E-state index < -0.39 is 5.97 Å². The lowest BCUT2D eigenvalue weighted by atomic mass is 10.1. The third kappa shape index (κ3) is 4.21. The number of carboxylic acids is 1. The van der Waals surface area contributed by atoms with Crippen LogP contribution in [0.15, 0.2) is 47.8 Å². The van der Waals surface area contributed by atoms with Gasteiger partial charge in [-0.25, -0.2) is 9.78 Å². The molecule has 5 nitrogen and oxygen atoms in total. The molecule has 0 aliphatic carbocycles. The molecule has 134 valence electrons. The molecule has 0 atom stereocenters. The molecule has 0 bridgehead atoms. The van der Waals surface area contributed by atoms with Gasteiger partial charge in [0.15, 0.2) is 5.69 Å². The van der Waals surface area contributed by atoms with Crippen molar-refractivity contribution >= 4 is 17.3 Å². The van der Waals surface area contributed by atoms with Crippen LogP contribution in [0, 0.1) is 13.8 Å². The Bertz CT molecular complexity index is 882. The molecule has 3 aromatic rings. The number of carbonyl (C=O) groups is 1. The monoisotopic (exact) mass is 369 g/mol. The first kappa shape index (κ1) is 17.9. The van der Waals surface area contributed by atoms with Gasteiger partial charge >= 0.3 is 5.97 Å². The molecule has 0 saturated carbocycles. The molecular formula is C20H19NO4S. The molecule has 0 spiro atoms. The van der Waals surface area contributed by atoms with E-state index in [1.807, 2.05) is 56.3 Å². The van der Waals surface area contributed by atoms with E-state index in [0.717, 1.165) is 28.2 Å². The van der Waals surface area contributed by atoms with Gasteiger partial charge in [0.2, 0.25) is 0 Å². The Balaban J connectivity index is 1.54. The maximum Gasteiger partial charge on any atom is 0.355 e. The largest absolute Gasteiger partial charge is 0.490 e. The molecule has 26 heavy (non-hydrogen) atoms. The molecule has 0 radical (unpaired) electrons. The first-order chi connectivity index (χ1) is 12.5. The summed E-state index contributed by atoms with van der Waals surface area (Å²) in [6.07, 6.45) is 0. The van der Waals surface area contributed by atoms with E-state index in [0.29, 0.717) is 18.2 Å². The molecule has 3 rings (SSSR count). The second-order valence-corrected chi connectivity index (χ2v) is 6.64. The average Bonchev–Trinajstić information content (AvgIpc) is 3.12. The van der Waals surface area contributed by atoms with Crippen molar-refractivity contribution in [3.8, 4) is 22.1 Å². The zero-order chi connectivity index (χ0) is 18.5. The number of hydrogen-bond acceptors (Lipinski definition) is 5. The average molecular weight is 369 g/mol. The highest BCUT2D eigenvalue weighted by Crippen LogP contribution is 2.26. The minimum atomic E-state index is -1.02. The maximum atomic E-state index is 10.9. The number of aromatic nitrogens is 1. The molecule has 0 saturated heterocycles. The summed E-state index contributed by atoms with van der Waals surface area (Å²) in [5.41, 5.74) is 3.15. The lowest BCUT2D eigenvalue weighted by Crippen LogP contribution is -2.10. The summed E-state index contributed by atoms with van der Waals surface area (Å²) in [4.78, 5) is 15.0. The summed E-state index contributed by atoms with van der Waals surface area (Å²) in [7, 11) is 0. The fourth-order valence-corrected chi connectivity index (χ4v) is 3.33. The minimum Gasteiger partial charge on any atom is -0.490 e. The van der Waals surface area contributed by atoms with E-state index in [4.69, 9.17) is 14.6 Å². The summed E-state index contributed by atoms with van der Waals surface area (Å²) in [5, 5.41) is 11.1. The van der Waals surface area contributed by atoms with Gasteiger partial charge in [0.05, 0.1) is 0 Å². The lowest BCUT2D eigenvalue weighted by molar-refractivity contribution is 0.0691. The van der Waals surface area contributed by atoms with Gasteiger partial charge in [0.25, 0.3) is 0 Å². The van der Waals surface area contributed by atoms with Crippen LogP contribution in [-0.2, 0) is 0 Å². The molecule has 1 heterocycles. The minimum absolute atomic E-state index is 0.0639. The number of para-hydroxylation sites is 1. The van der Waals surface area contributed by atoms with Crippen LogP contribution in [0.3, 0.4) is 0 Å². The van der Waals surface area contributed by atoms with Gasteiger partial charge in [-0.3, -0.25) is 0 Å². The van der Waals surface area contributed by atoms with Crippen molar-refractivity contribution < 1.29 is 19.4 Å². The third-order valence-electron chi connectivity index (χ3n) is 3.83. The van der Waals surface area contributed by atoms with Crippen LogP contribution in [0.4, 0.5) is 0 Å². The predicted molar refractivity (Wildman–Crippen MR) is 101 cm³/mol. The number of aromatic carboxylic acids is 1. The van der Waals surface area contributed by atoms with Gasteiger partial charge in [0.1, 0.15) is 29.7 Å². The van der Waals surface area contributed by atoms with Crippen molar-refractivity contribution in [2.24, 2.45) is 0 Å². The van der Waals surface area contributed by atoms with Crippen LogP contribution < -0.4 is 9.47 Å². The Morgan fingerprint density at radius 1 is 1.04 bits per heavy atom. The number of ether oxygens (including phenoxy) is 2. The van der Waals surface area contributed by atoms with Crippen molar-refractivity contribution in [2.75, 3.05) is 13.2 Å². The Kier molecular flexibility index (Phi) is 5.53. The Hall–Kier alpha value is -2.86. The number of carboxylic acid groups (broad SMARTS) is 1. The lowest BCUT2D eigenvalue weighted by Gasteiger charge is -2.12. The Morgan fingerprint density at radius 3 is 2.31 bits per heavy atom. The topological polar surface area (TPSA) is 68.7 Å². The zero-order valence-electron chi connectivity index (χ0n) is 14.6.